The van der Waals surface area contributed by atoms with Crippen LogP contribution in [-0.2, 0) is 11.3 Å². The number of nitrogens with two attached hydrogens (primary N) is 1. The molecule has 0 unspecified atom stereocenters. The largest absolute Gasteiger partial charge is 0.497 e. The van der Waals surface area contributed by atoms with Crippen molar-refractivity contribution in [2.45, 2.75) is 25.9 Å². The van der Waals surface area contributed by atoms with Crippen molar-refractivity contribution in [1.29, 1.82) is 0 Å². The van der Waals surface area contributed by atoms with Gasteiger partial charge in [0.25, 0.3) is 0 Å². The topological polar surface area (TPSA) is 47.7 Å². The highest BCUT2D eigenvalue weighted by atomic mass is 16.5. The molecule has 0 radical (unpaired) electrons. The van der Waals surface area contributed by atoms with E-state index in [4.69, 9.17) is 15.2 Å². The van der Waals surface area contributed by atoms with Gasteiger partial charge in [-0.15, -0.1) is 0 Å². The first kappa shape index (κ1) is 13.2. The van der Waals surface area contributed by atoms with Gasteiger partial charge in [0.05, 0.1) is 20.3 Å². The predicted octanol–water partition coefficient (Wildman–Crippen LogP) is 1.89. The number of rotatable bonds is 3. The van der Waals surface area contributed by atoms with Gasteiger partial charge in [-0.25, -0.2) is 0 Å². The highest BCUT2D eigenvalue weighted by Crippen LogP contribution is 2.26. The molecule has 1 aromatic carbocycles. The molecule has 4 heteroatoms. The number of morpholine rings is 1. The Kier molecular flexibility index (Phi) is 3.78. The van der Waals surface area contributed by atoms with Gasteiger partial charge in [0.1, 0.15) is 5.75 Å². The first-order chi connectivity index (χ1) is 8.53. The van der Waals surface area contributed by atoms with E-state index in [-0.39, 0.29) is 5.54 Å². The van der Waals surface area contributed by atoms with Gasteiger partial charge >= 0.3 is 0 Å². The first-order valence-electron chi connectivity index (χ1n) is 6.28. The quantitative estimate of drug-likeness (QED) is 0.832. The van der Waals surface area contributed by atoms with E-state index >= 15 is 0 Å². The molecule has 0 bridgehead atoms. The van der Waals surface area contributed by atoms with Gasteiger partial charge in [-0.1, -0.05) is 6.07 Å². The number of ether oxygens (including phenoxy) is 2. The zero-order valence-electron chi connectivity index (χ0n) is 11.4. The second-order valence-electron chi connectivity index (χ2n) is 5.35. The van der Waals surface area contributed by atoms with Crippen molar-refractivity contribution < 1.29 is 9.47 Å². The molecule has 0 saturated carbocycles. The van der Waals surface area contributed by atoms with Crippen LogP contribution in [0, 0.1) is 0 Å². The van der Waals surface area contributed by atoms with Crippen LogP contribution < -0.4 is 10.5 Å². The predicted molar refractivity (Wildman–Crippen MR) is 72.7 cm³/mol. The molecule has 1 fully saturated rings. The Morgan fingerprint density at radius 1 is 1.44 bits per heavy atom. The third-order valence-electron chi connectivity index (χ3n) is 3.53. The normalized spacial score (nSPS) is 19.7. The Bertz CT molecular complexity index is 418. The van der Waals surface area contributed by atoms with E-state index < -0.39 is 0 Å². The van der Waals surface area contributed by atoms with Crippen molar-refractivity contribution in [3.05, 3.63) is 23.8 Å². The van der Waals surface area contributed by atoms with Crippen molar-refractivity contribution in [2.75, 3.05) is 32.6 Å². The summed E-state index contributed by atoms with van der Waals surface area (Å²) in [7, 11) is 1.65. The fraction of sp³-hybridized carbons (Fsp3) is 0.571. The maximum absolute atomic E-state index is 6.06. The lowest BCUT2D eigenvalue weighted by molar-refractivity contribution is -0.0551. The van der Waals surface area contributed by atoms with Crippen LogP contribution in [0.25, 0.3) is 0 Å². The van der Waals surface area contributed by atoms with Crippen LogP contribution in [0.2, 0.25) is 0 Å². The molecule has 2 N–H and O–H groups in total. The smallest absolute Gasteiger partial charge is 0.120 e. The molecule has 0 aliphatic carbocycles. The summed E-state index contributed by atoms with van der Waals surface area (Å²) in [5, 5.41) is 0. The maximum atomic E-state index is 6.06. The number of hydrogen-bond acceptors (Lipinski definition) is 4. The lowest BCUT2D eigenvalue weighted by Crippen LogP contribution is -2.52. The van der Waals surface area contributed by atoms with Gasteiger partial charge in [-0.2, -0.15) is 0 Å². The SMILES string of the molecule is COc1ccc(CN2CCOCC2(C)C)c(N)c1. The molecule has 18 heavy (non-hydrogen) atoms. The molecule has 1 saturated heterocycles. The van der Waals surface area contributed by atoms with Crippen LogP contribution in [0.4, 0.5) is 5.69 Å². The van der Waals surface area contributed by atoms with Crippen molar-refractivity contribution in [3.8, 4) is 5.75 Å². The second-order valence-corrected chi connectivity index (χ2v) is 5.35. The summed E-state index contributed by atoms with van der Waals surface area (Å²) in [5.74, 6) is 0.803. The van der Waals surface area contributed by atoms with Gasteiger partial charge in [0.15, 0.2) is 0 Å². The fourth-order valence-electron chi connectivity index (χ4n) is 2.23. The summed E-state index contributed by atoms with van der Waals surface area (Å²) < 4.78 is 10.7. The van der Waals surface area contributed by atoms with Gasteiger partial charge < -0.3 is 15.2 Å². The number of nitrogens with zero attached hydrogens (tertiary/aromatic N) is 1. The minimum atomic E-state index is 0.0601. The van der Waals surface area contributed by atoms with E-state index in [1.807, 2.05) is 18.2 Å². The molecule has 1 heterocycles. The second kappa shape index (κ2) is 5.16. The van der Waals surface area contributed by atoms with Crippen molar-refractivity contribution in [2.24, 2.45) is 0 Å². The standard InChI is InChI=1S/C14H22N2O2/c1-14(2)10-18-7-6-16(14)9-11-4-5-12(17-3)8-13(11)15/h4-5,8H,6-7,9-10,15H2,1-3H3. The highest BCUT2D eigenvalue weighted by Gasteiger charge is 2.30. The Balaban J connectivity index is 2.13. The Morgan fingerprint density at radius 3 is 2.83 bits per heavy atom. The van der Waals surface area contributed by atoms with Crippen LogP contribution in [0.3, 0.4) is 0 Å². The van der Waals surface area contributed by atoms with Gasteiger partial charge in [0.2, 0.25) is 0 Å². The molecule has 0 amide bonds. The molecule has 4 nitrogen and oxygen atoms in total. The number of nitrogen functional groups attached to an aromatic ring is 1. The molecular weight excluding hydrogens is 228 g/mol. The lowest BCUT2D eigenvalue weighted by atomic mass is 10.0. The lowest BCUT2D eigenvalue weighted by Gasteiger charge is -2.42. The van der Waals surface area contributed by atoms with Gasteiger partial charge in [-0.3, -0.25) is 4.90 Å². The number of hydrogen-bond donors (Lipinski definition) is 1. The molecular formula is C14H22N2O2. The highest BCUT2D eigenvalue weighted by molar-refractivity contribution is 5.51. The first-order valence-corrected chi connectivity index (χ1v) is 6.28. The molecule has 100 valence electrons. The van der Waals surface area contributed by atoms with Crippen LogP contribution in [-0.4, -0.2) is 37.3 Å². The monoisotopic (exact) mass is 250 g/mol. The minimum absolute atomic E-state index is 0.0601. The van der Waals surface area contributed by atoms with Crippen molar-refractivity contribution in [3.63, 3.8) is 0 Å². The van der Waals surface area contributed by atoms with E-state index in [9.17, 15) is 0 Å². The molecule has 1 aliphatic rings. The Labute approximate surface area is 109 Å². The average Bonchev–Trinajstić information content (AvgIpc) is 2.33. The maximum Gasteiger partial charge on any atom is 0.120 e. The number of benzene rings is 1. The molecule has 1 aromatic rings. The number of anilines is 1. The molecule has 2 rings (SSSR count). The van der Waals surface area contributed by atoms with Crippen LogP contribution in [0.5, 0.6) is 5.75 Å². The average molecular weight is 250 g/mol. The third kappa shape index (κ3) is 2.76. The van der Waals surface area contributed by atoms with Gasteiger partial charge in [-0.05, 0) is 25.5 Å². The Morgan fingerprint density at radius 2 is 2.22 bits per heavy atom. The summed E-state index contributed by atoms with van der Waals surface area (Å²) >= 11 is 0. The molecule has 0 spiro atoms. The van der Waals surface area contributed by atoms with E-state index in [2.05, 4.69) is 18.7 Å². The Hall–Kier alpha value is -1.26. The number of methoxy groups -OCH3 is 1. The zero-order chi connectivity index (χ0) is 13.2. The van der Waals surface area contributed by atoms with E-state index in [1.54, 1.807) is 7.11 Å². The summed E-state index contributed by atoms with van der Waals surface area (Å²) in [4.78, 5) is 2.41. The van der Waals surface area contributed by atoms with E-state index in [1.165, 1.54) is 0 Å². The third-order valence-corrected chi connectivity index (χ3v) is 3.53. The van der Waals surface area contributed by atoms with Crippen LogP contribution in [0.1, 0.15) is 19.4 Å². The summed E-state index contributed by atoms with van der Waals surface area (Å²) in [5.41, 5.74) is 8.06. The zero-order valence-corrected chi connectivity index (χ0v) is 11.4. The fourth-order valence-corrected chi connectivity index (χ4v) is 2.23. The summed E-state index contributed by atoms with van der Waals surface area (Å²) in [6.45, 7) is 7.75. The van der Waals surface area contributed by atoms with Crippen molar-refractivity contribution >= 4 is 5.69 Å². The molecule has 1 aliphatic heterocycles. The molecule has 0 aromatic heterocycles. The van der Waals surface area contributed by atoms with E-state index in [0.717, 1.165) is 43.3 Å². The molecule has 0 atom stereocenters. The van der Waals surface area contributed by atoms with Gasteiger partial charge in [0, 0.05) is 30.4 Å². The summed E-state index contributed by atoms with van der Waals surface area (Å²) in [6, 6.07) is 5.88. The van der Waals surface area contributed by atoms with Crippen LogP contribution in [0.15, 0.2) is 18.2 Å². The summed E-state index contributed by atoms with van der Waals surface area (Å²) in [6.07, 6.45) is 0. The van der Waals surface area contributed by atoms with E-state index in [0.29, 0.717) is 0 Å². The minimum Gasteiger partial charge on any atom is -0.497 e. The van der Waals surface area contributed by atoms with Crippen molar-refractivity contribution in [1.82, 2.24) is 4.90 Å². The van der Waals surface area contributed by atoms with Crippen LogP contribution >= 0.6 is 0 Å².